The van der Waals surface area contributed by atoms with Gasteiger partial charge in [0.25, 0.3) is 5.91 Å². The maximum Gasteiger partial charge on any atom is 0.355 e. The molecule has 4 aromatic rings. The number of amides is 1. The fourth-order valence-electron chi connectivity index (χ4n) is 3.14. The molecule has 0 fully saturated rings. The van der Waals surface area contributed by atoms with E-state index in [-0.39, 0.29) is 28.5 Å². The lowest BCUT2D eigenvalue weighted by atomic mass is 10.1. The molecular weight excluding hydrogens is 476 g/mol. The molecule has 0 saturated carbocycles. The Labute approximate surface area is 203 Å². The van der Waals surface area contributed by atoms with E-state index in [1.54, 1.807) is 24.3 Å². The van der Waals surface area contributed by atoms with E-state index in [2.05, 4.69) is 5.32 Å². The van der Waals surface area contributed by atoms with Crippen LogP contribution in [0.4, 0.5) is 0 Å². The summed E-state index contributed by atoms with van der Waals surface area (Å²) in [6.07, 6.45) is 2.91. The molecule has 34 heavy (non-hydrogen) atoms. The molecule has 0 aliphatic carbocycles. The molecule has 4 rings (SSSR count). The molecule has 9 heteroatoms. The summed E-state index contributed by atoms with van der Waals surface area (Å²) in [5.74, 6) is -0.153. The van der Waals surface area contributed by atoms with Gasteiger partial charge in [-0.15, -0.1) is 11.3 Å². The number of carbonyl (C=O) groups excluding carboxylic acids is 2. The van der Waals surface area contributed by atoms with E-state index in [0.717, 1.165) is 10.1 Å². The molecule has 1 amide bonds. The zero-order valence-electron chi connectivity index (χ0n) is 17.8. The standard InChI is InChI=1S/C25H17ClN2O5S/c1-31-20-12-15(11-16(13-27)24(29)28-14-17-5-4-10-32-17)8-9-19(20)33-25(30)23-22(26)18-6-2-3-7-21(18)34-23/h2-12H,14H2,1H3,(H,28,29)/b16-11+. The van der Waals surface area contributed by atoms with Crippen molar-refractivity contribution >= 4 is 51.0 Å². The number of benzene rings is 2. The van der Waals surface area contributed by atoms with E-state index >= 15 is 0 Å². The predicted molar refractivity (Wildman–Crippen MR) is 129 cm³/mol. The van der Waals surface area contributed by atoms with Crippen molar-refractivity contribution in [3.63, 3.8) is 0 Å². The molecule has 2 heterocycles. The average molecular weight is 493 g/mol. The summed E-state index contributed by atoms with van der Waals surface area (Å²) >= 11 is 7.62. The molecular formula is C25H17ClN2O5S. The SMILES string of the molecule is COc1cc(/C=C(\C#N)C(=O)NCc2ccco2)ccc1OC(=O)c1sc2ccccc2c1Cl. The number of hydrogen-bond acceptors (Lipinski definition) is 7. The molecule has 1 N–H and O–H groups in total. The topological polar surface area (TPSA) is 102 Å². The first-order valence-corrected chi connectivity index (χ1v) is 11.2. The van der Waals surface area contributed by atoms with Crippen molar-refractivity contribution < 1.29 is 23.5 Å². The van der Waals surface area contributed by atoms with Crippen LogP contribution < -0.4 is 14.8 Å². The summed E-state index contributed by atoms with van der Waals surface area (Å²) in [5, 5.41) is 13.2. The lowest BCUT2D eigenvalue weighted by Gasteiger charge is -2.10. The minimum Gasteiger partial charge on any atom is -0.493 e. The first kappa shape index (κ1) is 23.1. The van der Waals surface area contributed by atoms with Crippen molar-refractivity contribution in [3.8, 4) is 17.6 Å². The third kappa shape index (κ3) is 4.96. The molecule has 0 aliphatic rings. The number of ether oxygens (including phenoxy) is 2. The van der Waals surface area contributed by atoms with Crippen LogP contribution in [0, 0.1) is 11.3 Å². The Balaban J connectivity index is 1.52. The predicted octanol–water partition coefficient (Wildman–Crippen LogP) is 5.60. The molecule has 0 atom stereocenters. The number of methoxy groups -OCH3 is 1. The van der Waals surface area contributed by atoms with Gasteiger partial charge in [0.15, 0.2) is 11.5 Å². The van der Waals surface area contributed by atoms with Crippen molar-refractivity contribution in [2.75, 3.05) is 7.11 Å². The summed E-state index contributed by atoms with van der Waals surface area (Å²) < 4.78 is 16.9. The first-order valence-electron chi connectivity index (χ1n) is 9.99. The monoisotopic (exact) mass is 492 g/mol. The van der Waals surface area contributed by atoms with Crippen molar-refractivity contribution in [2.45, 2.75) is 6.54 Å². The maximum atomic E-state index is 12.8. The summed E-state index contributed by atoms with van der Waals surface area (Å²) in [5.41, 5.74) is 0.414. The fourth-order valence-corrected chi connectivity index (χ4v) is 4.53. The Bertz CT molecular complexity index is 1430. The molecule has 7 nitrogen and oxygen atoms in total. The van der Waals surface area contributed by atoms with Gasteiger partial charge in [-0.3, -0.25) is 4.79 Å². The zero-order chi connectivity index (χ0) is 24.1. The molecule has 0 aliphatic heterocycles. The summed E-state index contributed by atoms with van der Waals surface area (Å²) in [7, 11) is 1.42. The van der Waals surface area contributed by atoms with Gasteiger partial charge >= 0.3 is 5.97 Å². The van der Waals surface area contributed by atoms with Gasteiger partial charge in [-0.2, -0.15) is 5.26 Å². The highest BCUT2D eigenvalue weighted by Gasteiger charge is 2.20. The smallest absolute Gasteiger partial charge is 0.355 e. The lowest BCUT2D eigenvalue weighted by molar-refractivity contribution is -0.117. The highest BCUT2D eigenvalue weighted by atomic mass is 35.5. The summed E-state index contributed by atoms with van der Waals surface area (Å²) in [4.78, 5) is 25.4. The van der Waals surface area contributed by atoms with Gasteiger partial charge in [-0.05, 0) is 42.0 Å². The van der Waals surface area contributed by atoms with Gasteiger partial charge < -0.3 is 19.2 Å². The number of hydrogen-bond donors (Lipinski definition) is 1. The molecule has 0 saturated heterocycles. The Morgan fingerprint density at radius 1 is 1.18 bits per heavy atom. The van der Waals surface area contributed by atoms with E-state index in [1.165, 1.54) is 36.9 Å². The summed E-state index contributed by atoms with van der Waals surface area (Å²) in [6, 6.07) is 17.4. The number of rotatable bonds is 7. The summed E-state index contributed by atoms with van der Waals surface area (Å²) in [6.45, 7) is 0.156. The first-order chi connectivity index (χ1) is 16.5. The Hall–Kier alpha value is -4.06. The molecule has 2 aromatic heterocycles. The third-order valence-corrected chi connectivity index (χ3v) is 6.45. The number of nitrogens with one attached hydrogen (secondary N) is 1. The molecule has 0 unspecified atom stereocenters. The second-order valence-electron chi connectivity index (χ2n) is 6.97. The number of thiophene rings is 1. The highest BCUT2D eigenvalue weighted by molar-refractivity contribution is 7.21. The largest absolute Gasteiger partial charge is 0.493 e. The van der Waals surface area contributed by atoms with Crippen LogP contribution in [0.5, 0.6) is 11.5 Å². The van der Waals surface area contributed by atoms with Gasteiger partial charge in [0.1, 0.15) is 22.3 Å². The van der Waals surface area contributed by atoms with E-state index in [9.17, 15) is 14.9 Å². The molecule has 0 radical (unpaired) electrons. The maximum absolute atomic E-state index is 12.8. The van der Waals surface area contributed by atoms with Crippen LogP contribution in [0.2, 0.25) is 5.02 Å². The van der Waals surface area contributed by atoms with Gasteiger partial charge in [0, 0.05) is 10.1 Å². The molecule has 2 aromatic carbocycles. The van der Waals surface area contributed by atoms with Crippen LogP contribution in [0.15, 0.2) is 70.9 Å². The van der Waals surface area contributed by atoms with Crippen LogP contribution in [0.1, 0.15) is 21.0 Å². The fraction of sp³-hybridized carbons (Fsp3) is 0.0800. The number of nitriles is 1. The van der Waals surface area contributed by atoms with Crippen LogP contribution >= 0.6 is 22.9 Å². The second-order valence-corrected chi connectivity index (χ2v) is 8.40. The number of halogens is 1. The number of carbonyl (C=O) groups is 2. The van der Waals surface area contributed by atoms with Gasteiger partial charge in [0.05, 0.1) is 24.9 Å². The van der Waals surface area contributed by atoms with Crippen LogP contribution in [0.3, 0.4) is 0 Å². The van der Waals surface area contributed by atoms with E-state index in [0.29, 0.717) is 16.3 Å². The quantitative estimate of drug-likeness (QED) is 0.156. The molecule has 170 valence electrons. The molecule has 0 spiro atoms. The van der Waals surface area contributed by atoms with Crippen LogP contribution in [-0.4, -0.2) is 19.0 Å². The number of furan rings is 1. The Morgan fingerprint density at radius 2 is 2.00 bits per heavy atom. The van der Waals surface area contributed by atoms with E-state index < -0.39 is 11.9 Å². The van der Waals surface area contributed by atoms with E-state index in [1.807, 2.05) is 30.3 Å². The highest BCUT2D eigenvalue weighted by Crippen LogP contribution is 2.37. The Kier molecular flexibility index (Phi) is 6.97. The third-order valence-electron chi connectivity index (χ3n) is 4.79. The van der Waals surface area contributed by atoms with Crippen molar-refractivity contribution in [1.29, 1.82) is 5.26 Å². The minimum atomic E-state index is -0.609. The molecule has 0 bridgehead atoms. The average Bonchev–Trinajstić information content (AvgIpc) is 3.50. The zero-order valence-corrected chi connectivity index (χ0v) is 19.4. The van der Waals surface area contributed by atoms with E-state index in [4.69, 9.17) is 25.5 Å². The van der Waals surface area contributed by atoms with Gasteiger partial charge in [0.2, 0.25) is 0 Å². The Morgan fingerprint density at radius 3 is 2.71 bits per heavy atom. The van der Waals surface area contributed by atoms with Crippen molar-refractivity contribution in [3.05, 3.63) is 87.7 Å². The number of nitrogens with zero attached hydrogens (tertiary/aromatic N) is 1. The normalized spacial score (nSPS) is 11.1. The minimum absolute atomic E-state index is 0.101. The number of esters is 1. The van der Waals surface area contributed by atoms with Gasteiger partial charge in [-0.1, -0.05) is 35.9 Å². The lowest BCUT2D eigenvalue weighted by Crippen LogP contribution is -2.23. The van der Waals surface area contributed by atoms with Crippen molar-refractivity contribution in [2.24, 2.45) is 0 Å². The van der Waals surface area contributed by atoms with Gasteiger partial charge in [-0.25, -0.2) is 4.79 Å². The van der Waals surface area contributed by atoms with Crippen LogP contribution in [0.25, 0.3) is 16.2 Å². The van der Waals surface area contributed by atoms with Crippen molar-refractivity contribution in [1.82, 2.24) is 5.32 Å². The second kappa shape index (κ2) is 10.3. The number of fused-ring (bicyclic) bond motifs is 1. The van der Waals surface area contributed by atoms with Crippen LogP contribution in [-0.2, 0) is 11.3 Å².